The van der Waals surface area contributed by atoms with Gasteiger partial charge in [0.15, 0.2) is 5.82 Å². The molecule has 0 saturated carbocycles. The number of carbonyl (C=O) groups is 1. The van der Waals surface area contributed by atoms with E-state index in [1.807, 2.05) is 19.1 Å². The average molecular weight is 456 g/mol. The lowest BCUT2D eigenvalue weighted by Crippen LogP contribution is -2.46. The van der Waals surface area contributed by atoms with Gasteiger partial charge in [-0.05, 0) is 61.0 Å². The molecule has 0 aliphatic carbocycles. The molecular weight excluding hydrogens is 432 g/mol. The van der Waals surface area contributed by atoms with Gasteiger partial charge in [-0.3, -0.25) is 4.79 Å². The summed E-state index contributed by atoms with van der Waals surface area (Å²) in [4.78, 5) is 16.6. The summed E-state index contributed by atoms with van der Waals surface area (Å²) in [7, 11) is 0. The van der Waals surface area contributed by atoms with Gasteiger partial charge in [0.2, 0.25) is 5.91 Å². The molecule has 6 nitrogen and oxygen atoms in total. The lowest BCUT2D eigenvalue weighted by molar-refractivity contribution is -0.113. The minimum atomic E-state index is -0.390. The van der Waals surface area contributed by atoms with Crippen molar-refractivity contribution in [3.8, 4) is 0 Å². The highest BCUT2D eigenvalue weighted by Crippen LogP contribution is 2.22. The maximum Gasteiger partial charge on any atom is 0.234 e. The molecule has 32 heavy (non-hydrogen) atoms. The van der Waals surface area contributed by atoms with Crippen LogP contribution in [-0.2, 0) is 4.79 Å². The van der Waals surface area contributed by atoms with Crippen molar-refractivity contribution < 1.29 is 13.6 Å². The zero-order valence-corrected chi connectivity index (χ0v) is 18.4. The second-order valence-electron chi connectivity index (χ2n) is 7.48. The summed E-state index contributed by atoms with van der Waals surface area (Å²) in [5.41, 5.74) is 2.28. The van der Waals surface area contributed by atoms with Crippen molar-refractivity contribution in [3.63, 3.8) is 0 Å². The lowest BCUT2D eigenvalue weighted by Gasteiger charge is -2.36. The van der Waals surface area contributed by atoms with Crippen LogP contribution < -0.4 is 15.1 Å². The SMILES string of the molecule is Cc1ccc(F)cc1NC(=O)CSc1ccc(N2CCN(c3ccc(F)cc3)CC2)nn1. The number of hydrogen-bond donors (Lipinski definition) is 1. The molecule has 1 N–H and O–H groups in total. The van der Waals surface area contributed by atoms with E-state index in [1.54, 1.807) is 18.2 Å². The van der Waals surface area contributed by atoms with Crippen LogP contribution in [0.3, 0.4) is 0 Å². The molecule has 9 heteroatoms. The van der Waals surface area contributed by atoms with Gasteiger partial charge in [0.05, 0.1) is 5.75 Å². The molecule has 1 aromatic heterocycles. The van der Waals surface area contributed by atoms with E-state index in [0.717, 1.165) is 43.2 Å². The molecule has 4 rings (SSSR count). The number of nitrogens with one attached hydrogen (secondary N) is 1. The first-order chi connectivity index (χ1) is 15.5. The van der Waals surface area contributed by atoms with Crippen molar-refractivity contribution in [3.05, 3.63) is 71.8 Å². The van der Waals surface area contributed by atoms with Crippen LogP contribution in [0.1, 0.15) is 5.56 Å². The Kier molecular flexibility index (Phi) is 6.84. The van der Waals surface area contributed by atoms with E-state index in [1.165, 1.54) is 36.0 Å². The van der Waals surface area contributed by atoms with Gasteiger partial charge in [0, 0.05) is 37.6 Å². The molecule has 1 saturated heterocycles. The largest absolute Gasteiger partial charge is 0.368 e. The average Bonchev–Trinajstić information content (AvgIpc) is 2.81. The fourth-order valence-corrected chi connectivity index (χ4v) is 4.07. The second kappa shape index (κ2) is 9.95. The molecule has 2 heterocycles. The number of amides is 1. The third-order valence-electron chi connectivity index (χ3n) is 5.25. The zero-order valence-electron chi connectivity index (χ0n) is 17.6. The highest BCUT2D eigenvalue weighted by Gasteiger charge is 2.19. The fraction of sp³-hybridized carbons (Fsp3) is 0.261. The number of rotatable bonds is 6. The number of carbonyl (C=O) groups excluding carboxylic acids is 1. The minimum absolute atomic E-state index is 0.153. The molecule has 1 aliphatic heterocycles. The Labute approximate surface area is 189 Å². The number of benzene rings is 2. The fourth-order valence-electron chi connectivity index (χ4n) is 3.46. The van der Waals surface area contributed by atoms with Crippen LogP contribution >= 0.6 is 11.8 Å². The monoisotopic (exact) mass is 455 g/mol. The Morgan fingerprint density at radius 1 is 0.938 bits per heavy atom. The number of nitrogens with zero attached hydrogens (tertiary/aromatic N) is 4. The molecule has 0 bridgehead atoms. The normalized spacial score (nSPS) is 13.8. The van der Waals surface area contributed by atoms with E-state index in [4.69, 9.17) is 0 Å². The summed E-state index contributed by atoms with van der Waals surface area (Å²) in [6.07, 6.45) is 0. The van der Waals surface area contributed by atoms with E-state index in [9.17, 15) is 13.6 Å². The standard InChI is InChI=1S/C23H23F2N5OS/c1-16-2-3-18(25)14-20(16)26-22(31)15-32-23-9-8-21(27-28-23)30-12-10-29(11-13-30)19-6-4-17(24)5-7-19/h2-9,14H,10-13,15H2,1H3,(H,26,31). The zero-order chi connectivity index (χ0) is 22.5. The van der Waals surface area contributed by atoms with E-state index in [2.05, 4.69) is 25.3 Å². The highest BCUT2D eigenvalue weighted by atomic mass is 32.2. The number of thioether (sulfide) groups is 1. The highest BCUT2D eigenvalue weighted by molar-refractivity contribution is 7.99. The Morgan fingerprint density at radius 2 is 1.62 bits per heavy atom. The minimum Gasteiger partial charge on any atom is -0.368 e. The van der Waals surface area contributed by atoms with Gasteiger partial charge < -0.3 is 15.1 Å². The van der Waals surface area contributed by atoms with Crippen molar-refractivity contribution in [2.75, 3.05) is 47.0 Å². The Bertz CT molecular complexity index is 1070. The molecule has 1 amide bonds. The number of halogens is 2. The van der Waals surface area contributed by atoms with Crippen LogP contribution in [0.25, 0.3) is 0 Å². The van der Waals surface area contributed by atoms with Crippen molar-refractivity contribution in [2.45, 2.75) is 11.9 Å². The first kappa shape index (κ1) is 22.0. The second-order valence-corrected chi connectivity index (χ2v) is 8.47. The molecular formula is C23H23F2N5OS. The number of aromatic nitrogens is 2. The molecule has 0 radical (unpaired) electrons. The summed E-state index contributed by atoms with van der Waals surface area (Å²) in [5, 5.41) is 11.9. The van der Waals surface area contributed by atoms with Crippen LogP contribution in [0.4, 0.5) is 26.0 Å². The summed E-state index contributed by atoms with van der Waals surface area (Å²) in [6, 6.07) is 14.6. The van der Waals surface area contributed by atoms with E-state index in [-0.39, 0.29) is 17.5 Å². The molecule has 0 spiro atoms. The van der Waals surface area contributed by atoms with Crippen molar-refractivity contribution in [2.24, 2.45) is 0 Å². The van der Waals surface area contributed by atoms with Crippen LogP contribution in [0.5, 0.6) is 0 Å². The topological polar surface area (TPSA) is 61.4 Å². The van der Waals surface area contributed by atoms with Gasteiger partial charge in [-0.2, -0.15) is 0 Å². The number of hydrogen-bond acceptors (Lipinski definition) is 6. The third-order valence-corrected chi connectivity index (χ3v) is 6.17. The summed E-state index contributed by atoms with van der Waals surface area (Å²) in [6.45, 7) is 5.00. The molecule has 2 aromatic carbocycles. The van der Waals surface area contributed by atoms with E-state index in [0.29, 0.717) is 10.7 Å². The van der Waals surface area contributed by atoms with Gasteiger partial charge in [-0.25, -0.2) is 8.78 Å². The molecule has 3 aromatic rings. The van der Waals surface area contributed by atoms with Gasteiger partial charge in [0.1, 0.15) is 16.7 Å². The Morgan fingerprint density at radius 3 is 2.31 bits per heavy atom. The van der Waals surface area contributed by atoms with Crippen molar-refractivity contribution >= 4 is 34.9 Å². The molecule has 1 aliphatic rings. The lowest BCUT2D eigenvalue weighted by atomic mass is 10.2. The smallest absolute Gasteiger partial charge is 0.234 e. The van der Waals surface area contributed by atoms with Crippen molar-refractivity contribution in [1.82, 2.24) is 10.2 Å². The predicted octanol–water partition coefficient (Wildman–Crippen LogP) is 4.12. The summed E-state index contributed by atoms with van der Waals surface area (Å²) >= 11 is 1.28. The van der Waals surface area contributed by atoms with Crippen LogP contribution in [0, 0.1) is 18.6 Å². The Balaban J connectivity index is 1.26. The number of aryl methyl sites for hydroxylation is 1. The first-order valence-corrected chi connectivity index (χ1v) is 11.2. The van der Waals surface area contributed by atoms with E-state index < -0.39 is 5.82 Å². The van der Waals surface area contributed by atoms with Crippen LogP contribution in [0.2, 0.25) is 0 Å². The van der Waals surface area contributed by atoms with Gasteiger partial charge in [0.25, 0.3) is 0 Å². The molecule has 166 valence electrons. The Hall–Kier alpha value is -3.20. The van der Waals surface area contributed by atoms with Gasteiger partial charge >= 0.3 is 0 Å². The third kappa shape index (κ3) is 5.53. The molecule has 1 fully saturated rings. The first-order valence-electron chi connectivity index (χ1n) is 10.3. The molecule has 0 unspecified atom stereocenters. The number of piperazine rings is 1. The van der Waals surface area contributed by atoms with Gasteiger partial charge in [-0.15, -0.1) is 10.2 Å². The van der Waals surface area contributed by atoms with Gasteiger partial charge in [-0.1, -0.05) is 17.8 Å². The van der Waals surface area contributed by atoms with Crippen molar-refractivity contribution in [1.29, 1.82) is 0 Å². The summed E-state index contributed by atoms with van der Waals surface area (Å²) < 4.78 is 26.5. The van der Waals surface area contributed by atoms with Crippen LogP contribution in [0.15, 0.2) is 59.6 Å². The maximum absolute atomic E-state index is 13.4. The quantitative estimate of drug-likeness (QED) is 0.565. The number of anilines is 3. The summed E-state index contributed by atoms with van der Waals surface area (Å²) in [5.74, 6) is 0.0838. The predicted molar refractivity (Wildman–Crippen MR) is 123 cm³/mol. The maximum atomic E-state index is 13.4. The van der Waals surface area contributed by atoms with E-state index >= 15 is 0 Å². The molecule has 0 atom stereocenters. The van der Waals surface area contributed by atoms with Crippen LogP contribution in [-0.4, -0.2) is 48.0 Å².